The highest BCUT2D eigenvalue weighted by Gasteiger charge is 2.16. The molecule has 166 valence electrons. The van der Waals surface area contributed by atoms with Crippen LogP contribution in [0.3, 0.4) is 0 Å². The third-order valence-electron chi connectivity index (χ3n) is 5.47. The maximum absolute atomic E-state index is 12.6. The van der Waals surface area contributed by atoms with Gasteiger partial charge in [-0.05, 0) is 46.0 Å². The highest BCUT2D eigenvalue weighted by Crippen LogP contribution is 2.20. The lowest BCUT2D eigenvalue weighted by atomic mass is 9.99. The first-order chi connectivity index (χ1) is 16.1. The van der Waals surface area contributed by atoms with Crippen LogP contribution in [0.4, 0.5) is 5.69 Å². The Kier molecular flexibility index (Phi) is 7.12. The Morgan fingerprint density at radius 3 is 2.27 bits per heavy atom. The zero-order valence-electron chi connectivity index (χ0n) is 18.2. The molecule has 0 aromatic heterocycles. The highest BCUT2D eigenvalue weighted by molar-refractivity contribution is 5.95. The molecule has 0 radical (unpaired) electrons. The fraction of sp³-hybridized carbons (Fsp3) is 0.143. The van der Waals surface area contributed by atoms with Gasteiger partial charge in [0.05, 0.1) is 12.5 Å². The van der Waals surface area contributed by atoms with E-state index in [0.29, 0.717) is 12.1 Å². The van der Waals surface area contributed by atoms with Crippen LogP contribution in [0.1, 0.15) is 16.7 Å². The lowest BCUT2D eigenvalue weighted by Crippen LogP contribution is -2.37. The first-order valence-corrected chi connectivity index (χ1v) is 10.9. The smallest absolute Gasteiger partial charge is 0.310 e. The Morgan fingerprint density at radius 1 is 0.788 bits per heavy atom. The van der Waals surface area contributed by atoms with Crippen LogP contribution >= 0.6 is 0 Å². The summed E-state index contributed by atoms with van der Waals surface area (Å²) in [7, 11) is 0. The maximum atomic E-state index is 12.6. The summed E-state index contributed by atoms with van der Waals surface area (Å²) >= 11 is 0. The average Bonchev–Trinajstić information content (AvgIpc) is 2.85. The van der Waals surface area contributed by atoms with E-state index in [1.807, 2.05) is 72.8 Å². The summed E-state index contributed by atoms with van der Waals surface area (Å²) in [5.41, 5.74) is 9.63. The molecule has 0 saturated carbocycles. The summed E-state index contributed by atoms with van der Waals surface area (Å²) in [4.78, 5) is 24.7. The molecule has 1 amide bonds. The van der Waals surface area contributed by atoms with E-state index >= 15 is 0 Å². The van der Waals surface area contributed by atoms with Gasteiger partial charge in [0.1, 0.15) is 6.61 Å². The summed E-state index contributed by atoms with van der Waals surface area (Å²) in [6.45, 7) is 0.252. The summed E-state index contributed by atoms with van der Waals surface area (Å²) in [6.07, 6.45) is 0.611. The summed E-state index contributed by atoms with van der Waals surface area (Å²) in [5, 5.41) is 5.09. The van der Waals surface area contributed by atoms with Crippen molar-refractivity contribution in [2.45, 2.75) is 25.5 Å². The molecule has 5 heteroatoms. The summed E-state index contributed by atoms with van der Waals surface area (Å²) in [5.74, 6) is -0.550. The molecule has 4 rings (SSSR count). The molecular weight excluding hydrogens is 412 g/mol. The Morgan fingerprint density at radius 2 is 1.48 bits per heavy atom. The minimum absolute atomic E-state index is 0.168. The van der Waals surface area contributed by atoms with Crippen LogP contribution in [0.15, 0.2) is 97.1 Å². The molecule has 4 aromatic rings. The molecule has 4 aromatic carbocycles. The van der Waals surface area contributed by atoms with Crippen molar-refractivity contribution in [2.24, 2.45) is 5.73 Å². The van der Waals surface area contributed by atoms with Crippen LogP contribution in [0, 0.1) is 0 Å². The van der Waals surface area contributed by atoms with Gasteiger partial charge >= 0.3 is 5.97 Å². The van der Waals surface area contributed by atoms with E-state index in [9.17, 15) is 9.59 Å². The molecule has 0 spiro atoms. The molecule has 1 atom stereocenters. The number of amides is 1. The number of fused-ring (bicyclic) bond motifs is 1. The first-order valence-electron chi connectivity index (χ1n) is 10.9. The van der Waals surface area contributed by atoms with Crippen molar-refractivity contribution in [3.63, 3.8) is 0 Å². The lowest BCUT2D eigenvalue weighted by molar-refractivity contribution is -0.144. The van der Waals surface area contributed by atoms with Crippen molar-refractivity contribution in [1.82, 2.24) is 0 Å². The predicted octanol–water partition coefficient (Wildman–Crippen LogP) is 4.63. The number of ether oxygens (including phenoxy) is 1. The highest BCUT2D eigenvalue weighted by atomic mass is 16.5. The number of benzene rings is 4. The van der Waals surface area contributed by atoms with E-state index in [2.05, 4.69) is 5.32 Å². The van der Waals surface area contributed by atoms with E-state index < -0.39 is 6.04 Å². The second kappa shape index (κ2) is 10.6. The molecule has 0 heterocycles. The number of hydrogen-bond donors (Lipinski definition) is 2. The van der Waals surface area contributed by atoms with Crippen molar-refractivity contribution >= 4 is 28.3 Å². The van der Waals surface area contributed by atoms with Crippen molar-refractivity contribution in [2.75, 3.05) is 5.32 Å². The molecule has 33 heavy (non-hydrogen) atoms. The largest absolute Gasteiger partial charge is 0.461 e. The second-order valence-corrected chi connectivity index (χ2v) is 7.96. The molecule has 0 aliphatic carbocycles. The van der Waals surface area contributed by atoms with Gasteiger partial charge in [0, 0.05) is 5.69 Å². The van der Waals surface area contributed by atoms with Gasteiger partial charge in [-0.2, -0.15) is 0 Å². The number of anilines is 1. The van der Waals surface area contributed by atoms with Gasteiger partial charge < -0.3 is 15.8 Å². The predicted molar refractivity (Wildman–Crippen MR) is 131 cm³/mol. The zero-order valence-corrected chi connectivity index (χ0v) is 18.2. The molecule has 3 N–H and O–H groups in total. The number of esters is 1. The van der Waals surface area contributed by atoms with Crippen molar-refractivity contribution in [1.29, 1.82) is 0 Å². The van der Waals surface area contributed by atoms with E-state index in [0.717, 1.165) is 27.5 Å². The number of carbonyl (C=O) groups is 2. The van der Waals surface area contributed by atoms with Gasteiger partial charge in [-0.1, -0.05) is 84.9 Å². The fourth-order valence-corrected chi connectivity index (χ4v) is 3.70. The van der Waals surface area contributed by atoms with Gasteiger partial charge in [0.2, 0.25) is 5.91 Å². The van der Waals surface area contributed by atoms with Gasteiger partial charge in [-0.15, -0.1) is 0 Å². The molecular formula is C28H26N2O3. The van der Waals surface area contributed by atoms with Crippen LogP contribution in [0.5, 0.6) is 0 Å². The van der Waals surface area contributed by atoms with E-state index in [1.165, 1.54) is 0 Å². The van der Waals surface area contributed by atoms with Crippen LogP contribution in [-0.2, 0) is 33.8 Å². The summed E-state index contributed by atoms with van der Waals surface area (Å²) in [6, 6.07) is 30.1. The first kappa shape index (κ1) is 22.2. The summed E-state index contributed by atoms with van der Waals surface area (Å²) < 4.78 is 5.32. The second-order valence-electron chi connectivity index (χ2n) is 7.96. The molecule has 0 fully saturated rings. The van der Waals surface area contributed by atoms with Crippen LogP contribution in [-0.4, -0.2) is 17.9 Å². The third kappa shape index (κ3) is 6.05. The number of carbonyl (C=O) groups excluding carboxylic acids is 2. The number of hydrogen-bond acceptors (Lipinski definition) is 4. The molecule has 0 unspecified atom stereocenters. The zero-order chi connectivity index (χ0) is 23.0. The van der Waals surface area contributed by atoms with Gasteiger partial charge in [-0.25, -0.2) is 0 Å². The normalized spacial score (nSPS) is 11.7. The van der Waals surface area contributed by atoms with Crippen molar-refractivity contribution < 1.29 is 14.3 Å². The minimum Gasteiger partial charge on any atom is -0.461 e. The number of nitrogens with two attached hydrogens (primary N) is 1. The monoisotopic (exact) mass is 438 g/mol. The number of rotatable bonds is 8. The molecule has 0 saturated heterocycles. The third-order valence-corrected chi connectivity index (χ3v) is 5.47. The minimum atomic E-state index is -0.677. The number of nitrogens with one attached hydrogen (secondary N) is 1. The average molecular weight is 439 g/mol. The van der Waals surface area contributed by atoms with E-state index in [4.69, 9.17) is 10.5 Å². The van der Waals surface area contributed by atoms with Crippen LogP contribution in [0.25, 0.3) is 10.8 Å². The Hall–Kier alpha value is -3.96. The lowest BCUT2D eigenvalue weighted by Gasteiger charge is -2.14. The van der Waals surface area contributed by atoms with Crippen molar-refractivity contribution in [3.8, 4) is 0 Å². The maximum Gasteiger partial charge on any atom is 0.310 e. The fourth-order valence-electron chi connectivity index (χ4n) is 3.70. The molecule has 5 nitrogen and oxygen atoms in total. The van der Waals surface area contributed by atoms with Gasteiger partial charge in [-0.3, -0.25) is 9.59 Å². The standard InChI is InChI=1S/C28H26N2O3/c29-26(18-23-11-6-10-22-9-4-5-12-25(22)23)28(32)30-24-15-13-20(14-16-24)17-27(31)33-19-21-7-2-1-3-8-21/h1-16,26H,17-19,29H2,(H,30,32)/t26-/m0/s1. The topological polar surface area (TPSA) is 81.4 Å². The molecule has 0 aliphatic rings. The Labute approximate surface area is 193 Å². The van der Waals surface area contributed by atoms with E-state index in [-0.39, 0.29) is 24.9 Å². The van der Waals surface area contributed by atoms with Crippen molar-refractivity contribution in [3.05, 3.63) is 114 Å². The van der Waals surface area contributed by atoms with Crippen LogP contribution < -0.4 is 11.1 Å². The van der Waals surface area contributed by atoms with Crippen LogP contribution in [0.2, 0.25) is 0 Å². The molecule has 0 bridgehead atoms. The Bertz CT molecular complexity index is 1230. The SMILES string of the molecule is N[C@@H](Cc1cccc2ccccc12)C(=O)Nc1ccc(CC(=O)OCc2ccccc2)cc1. The Balaban J connectivity index is 1.29. The van der Waals surface area contributed by atoms with E-state index in [1.54, 1.807) is 24.3 Å². The quantitative estimate of drug-likeness (QED) is 0.393. The van der Waals surface area contributed by atoms with Gasteiger partial charge in [0.15, 0.2) is 0 Å². The van der Waals surface area contributed by atoms with Gasteiger partial charge in [0.25, 0.3) is 0 Å². The molecule has 0 aliphatic heterocycles.